The highest BCUT2D eigenvalue weighted by molar-refractivity contribution is 5.73. The van der Waals surface area contributed by atoms with Crippen LogP contribution in [0.5, 0.6) is 0 Å². The van der Waals surface area contributed by atoms with Crippen LogP contribution < -0.4 is 10.7 Å². The summed E-state index contributed by atoms with van der Waals surface area (Å²) in [5, 5.41) is 4.11. The minimum absolute atomic E-state index is 0.0486. The summed E-state index contributed by atoms with van der Waals surface area (Å²) in [5.74, 6) is 0. The Bertz CT molecular complexity index is 109. The monoisotopic (exact) mass is 129 g/mol. The predicted molar refractivity (Wildman–Crippen MR) is 33.8 cm³/mol. The first-order valence-corrected chi connectivity index (χ1v) is 3.07. The van der Waals surface area contributed by atoms with Crippen LogP contribution in [0, 0.1) is 0 Å². The van der Waals surface area contributed by atoms with Crippen LogP contribution in [0.4, 0.5) is 4.79 Å². The smallest absolute Gasteiger partial charge is 0.331 e. The van der Waals surface area contributed by atoms with Gasteiger partial charge in [0.25, 0.3) is 0 Å². The number of hydrogen-bond acceptors (Lipinski definition) is 2. The summed E-state index contributed by atoms with van der Waals surface area (Å²) in [5.41, 5.74) is 2.93. The molecule has 0 bridgehead atoms. The number of amides is 2. The average Bonchev–Trinajstić information content (AvgIpc) is 2.37. The van der Waals surface area contributed by atoms with Crippen molar-refractivity contribution < 1.29 is 4.79 Å². The summed E-state index contributed by atoms with van der Waals surface area (Å²) in [6, 6.07) is -0.0486. The summed E-state index contributed by atoms with van der Waals surface area (Å²) < 4.78 is 0. The number of nitrogens with zero attached hydrogens (tertiary/aromatic N) is 1. The van der Waals surface area contributed by atoms with Crippen molar-refractivity contribution in [1.29, 1.82) is 0 Å². The van der Waals surface area contributed by atoms with Crippen molar-refractivity contribution >= 4 is 6.03 Å². The van der Waals surface area contributed by atoms with Crippen LogP contribution in [0.25, 0.3) is 0 Å². The van der Waals surface area contributed by atoms with Crippen molar-refractivity contribution in [2.45, 2.75) is 6.42 Å². The summed E-state index contributed by atoms with van der Waals surface area (Å²) >= 11 is 0. The number of urea groups is 1. The van der Waals surface area contributed by atoms with E-state index < -0.39 is 0 Å². The zero-order chi connectivity index (χ0) is 6.69. The van der Waals surface area contributed by atoms with Crippen LogP contribution in [0.15, 0.2) is 0 Å². The quantitative estimate of drug-likeness (QED) is 0.464. The molecule has 4 heteroatoms. The second-order valence-corrected chi connectivity index (χ2v) is 1.97. The molecule has 1 heterocycles. The van der Waals surface area contributed by atoms with Crippen LogP contribution in [0.2, 0.25) is 0 Å². The molecule has 0 aliphatic carbocycles. The standard InChI is InChI=1S/C5H11N3O/c1-6-5(9)8-4-2-3-7-8/h7H,2-4H2,1H3,(H,6,9). The average molecular weight is 129 g/mol. The molecule has 2 N–H and O–H groups in total. The summed E-state index contributed by atoms with van der Waals surface area (Å²) in [6.45, 7) is 1.73. The fourth-order valence-corrected chi connectivity index (χ4v) is 0.839. The molecule has 1 fully saturated rings. The highest BCUT2D eigenvalue weighted by Gasteiger charge is 2.14. The molecule has 0 aromatic rings. The van der Waals surface area contributed by atoms with E-state index in [1.807, 2.05) is 0 Å². The van der Waals surface area contributed by atoms with E-state index in [4.69, 9.17) is 0 Å². The Kier molecular flexibility index (Phi) is 1.89. The van der Waals surface area contributed by atoms with E-state index in [9.17, 15) is 4.79 Å². The van der Waals surface area contributed by atoms with Gasteiger partial charge in [-0.05, 0) is 6.42 Å². The molecule has 0 radical (unpaired) electrons. The van der Waals surface area contributed by atoms with Crippen molar-refractivity contribution in [3.05, 3.63) is 0 Å². The number of hydrazine groups is 1. The van der Waals surface area contributed by atoms with E-state index >= 15 is 0 Å². The molecular weight excluding hydrogens is 118 g/mol. The number of rotatable bonds is 0. The Morgan fingerprint density at radius 3 is 3.00 bits per heavy atom. The van der Waals surface area contributed by atoms with Crippen LogP contribution >= 0.6 is 0 Å². The molecule has 0 saturated carbocycles. The number of carbonyl (C=O) groups is 1. The molecule has 2 amide bonds. The van der Waals surface area contributed by atoms with E-state index in [2.05, 4.69) is 10.7 Å². The fourth-order valence-electron chi connectivity index (χ4n) is 0.839. The van der Waals surface area contributed by atoms with Gasteiger partial charge in [0.15, 0.2) is 0 Å². The lowest BCUT2D eigenvalue weighted by Gasteiger charge is -2.13. The lowest BCUT2D eigenvalue weighted by Crippen LogP contribution is -2.42. The van der Waals surface area contributed by atoms with Crippen LogP contribution in [0.3, 0.4) is 0 Å². The third-order valence-corrected chi connectivity index (χ3v) is 1.32. The lowest BCUT2D eigenvalue weighted by atomic mass is 10.5. The molecule has 0 spiro atoms. The van der Waals surface area contributed by atoms with E-state index in [0.717, 1.165) is 19.5 Å². The molecule has 1 aliphatic rings. The first-order chi connectivity index (χ1) is 4.34. The Morgan fingerprint density at radius 2 is 2.56 bits per heavy atom. The van der Waals surface area contributed by atoms with Gasteiger partial charge in [-0.25, -0.2) is 10.2 Å². The van der Waals surface area contributed by atoms with Gasteiger partial charge in [-0.3, -0.25) is 5.01 Å². The molecule has 0 atom stereocenters. The van der Waals surface area contributed by atoms with Gasteiger partial charge in [-0.15, -0.1) is 0 Å². The molecule has 0 aromatic heterocycles. The minimum Gasteiger partial charge on any atom is -0.340 e. The molecular formula is C5H11N3O. The van der Waals surface area contributed by atoms with Crippen molar-refractivity contribution in [3.63, 3.8) is 0 Å². The van der Waals surface area contributed by atoms with Crippen LogP contribution in [-0.4, -0.2) is 31.2 Å². The van der Waals surface area contributed by atoms with Crippen LogP contribution in [-0.2, 0) is 0 Å². The zero-order valence-corrected chi connectivity index (χ0v) is 5.48. The summed E-state index contributed by atoms with van der Waals surface area (Å²) in [6.07, 6.45) is 1.05. The van der Waals surface area contributed by atoms with Gasteiger partial charge in [0, 0.05) is 20.1 Å². The highest BCUT2D eigenvalue weighted by Crippen LogP contribution is 1.94. The Balaban J connectivity index is 2.32. The first kappa shape index (κ1) is 6.35. The van der Waals surface area contributed by atoms with Gasteiger partial charge in [-0.2, -0.15) is 0 Å². The Labute approximate surface area is 54.2 Å². The van der Waals surface area contributed by atoms with E-state index in [0.29, 0.717) is 0 Å². The third-order valence-electron chi connectivity index (χ3n) is 1.32. The Morgan fingerprint density at radius 1 is 1.78 bits per heavy atom. The summed E-state index contributed by atoms with van der Waals surface area (Å²) in [4.78, 5) is 10.8. The topological polar surface area (TPSA) is 44.4 Å². The van der Waals surface area contributed by atoms with Crippen molar-refractivity contribution in [1.82, 2.24) is 15.8 Å². The second-order valence-electron chi connectivity index (χ2n) is 1.97. The molecule has 0 unspecified atom stereocenters. The molecule has 1 saturated heterocycles. The minimum atomic E-state index is -0.0486. The largest absolute Gasteiger partial charge is 0.340 e. The number of carbonyl (C=O) groups excluding carboxylic acids is 1. The molecule has 9 heavy (non-hydrogen) atoms. The van der Waals surface area contributed by atoms with Gasteiger partial charge in [0.05, 0.1) is 0 Å². The predicted octanol–water partition coefficient (Wildman–Crippen LogP) is -0.464. The Hall–Kier alpha value is -0.770. The van der Waals surface area contributed by atoms with Crippen molar-refractivity contribution in [2.24, 2.45) is 0 Å². The summed E-state index contributed by atoms with van der Waals surface area (Å²) in [7, 11) is 1.63. The van der Waals surface area contributed by atoms with E-state index in [1.165, 1.54) is 0 Å². The van der Waals surface area contributed by atoms with Gasteiger partial charge >= 0.3 is 6.03 Å². The van der Waals surface area contributed by atoms with Gasteiger partial charge in [0.2, 0.25) is 0 Å². The second kappa shape index (κ2) is 2.68. The van der Waals surface area contributed by atoms with Crippen molar-refractivity contribution in [2.75, 3.05) is 20.1 Å². The number of hydrogen-bond donors (Lipinski definition) is 2. The number of nitrogens with one attached hydrogen (secondary N) is 2. The molecule has 0 aromatic carbocycles. The molecule has 1 rings (SSSR count). The van der Waals surface area contributed by atoms with E-state index in [-0.39, 0.29) is 6.03 Å². The highest BCUT2D eigenvalue weighted by atomic mass is 16.2. The molecule has 52 valence electrons. The normalized spacial score (nSPS) is 18.1. The maximum Gasteiger partial charge on any atom is 0.331 e. The maximum absolute atomic E-state index is 10.8. The third kappa shape index (κ3) is 1.32. The molecule has 4 nitrogen and oxygen atoms in total. The van der Waals surface area contributed by atoms with Crippen LogP contribution in [0.1, 0.15) is 6.42 Å². The van der Waals surface area contributed by atoms with Gasteiger partial charge in [0.1, 0.15) is 0 Å². The SMILES string of the molecule is CNC(=O)N1CCCN1. The molecule has 1 aliphatic heterocycles. The zero-order valence-electron chi connectivity index (χ0n) is 5.48. The first-order valence-electron chi connectivity index (χ1n) is 3.07. The van der Waals surface area contributed by atoms with Crippen molar-refractivity contribution in [3.8, 4) is 0 Å². The van der Waals surface area contributed by atoms with Gasteiger partial charge in [-0.1, -0.05) is 0 Å². The van der Waals surface area contributed by atoms with E-state index in [1.54, 1.807) is 12.1 Å². The maximum atomic E-state index is 10.8. The van der Waals surface area contributed by atoms with Gasteiger partial charge < -0.3 is 5.32 Å². The lowest BCUT2D eigenvalue weighted by molar-refractivity contribution is 0.194. The fraction of sp³-hybridized carbons (Fsp3) is 0.800.